The Labute approximate surface area is 168 Å². The molecule has 1 aromatic heterocycles. The van der Waals surface area contributed by atoms with E-state index in [4.69, 9.17) is 33.3 Å². The van der Waals surface area contributed by atoms with Crippen LogP contribution < -0.4 is 9.47 Å². The van der Waals surface area contributed by atoms with Crippen LogP contribution in [0, 0.1) is 4.77 Å². The van der Waals surface area contributed by atoms with Crippen molar-refractivity contribution in [2.45, 2.75) is 6.67 Å². The van der Waals surface area contributed by atoms with Crippen molar-refractivity contribution in [3.8, 4) is 22.9 Å². The molecular weight excluding hydrogens is 384 g/mol. The monoisotopic (exact) mass is 404 g/mol. The second-order valence-corrected chi connectivity index (χ2v) is 6.81. The fourth-order valence-electron chi connectivity index (χ4n) is 2.59. The van der Waals surface area contributed by atoms with Gasteiger partial charge in [0.05, 0.1) is 19.3 Å². The lowest BCUT2D eigenvalue weighted by molar-refractivity contribution is 0.198. The van der Waals surface area contributed by atoms with Crippen molar-refractivity contribution in [3.05, 3.63) is 58.3 Å². The molecule has 0 bridgehead atoms. The van der Waals surface area contributed by atoms with Crippen LogP contribution in [0.15, 0.2) is 48.5 Å². The smallest absolute Gasteiger partial charge is 0.217 e. The maximum Gasteiger partial charge on any atom is 0.217 e. The van der Waals surface area contributed by atoms with Crippen LogP contribution in [0.1, 0.15) is 0 Å². The molecular formula is C19H21ClN4O2S. The van der Waals surface area contributed by atoms with Crippen molar-refractivity contribution in [3.63, 3.8) is 0 Å². The summed E-state index contributed by atoms with van der Waals surface area (Å²) in [4.78, 5) is 6.53. The van der Waals surface area contributed by atoms with Gasteiger partial charge in [0.1, 0.15) is 18.1 Å². The van der Waals surface area contributed by atoms with Crippen molar-refractivity contribution < 1.29 is 9.47 Å². The largest absolute Gasteiger partial charge is 0.496 e. The van der Waals surface area contributed by atoms with Crippen LogP contribution in [0.4, 0.5) is 0 Å². The number of methoxy groups -OCH3 is 1. The summed E-state index contributed by atoms with van der Waals surface area (Å²) in [6, 6.07) is 15.1. The van der Waals surface area contributed by atoms with Gasteiger partial charge < -0.3 is 9.47 Å². The van der Waals surface area contributed by atoms with Crippen LogP contribution >= 0.6 is 23.8 Å². The third-order valence-electron chi connectivity index (χ3n) is 3.96. The zero-order chi connectivity index (χ0) is 19.2. The first-order valence-corrected chi connectivity index (χ1v) is 9.22. The maximum atomic E-state index is 6.11. The first-order valence-electron chi connectivity index (χ1n) is 8.44. The Morgan fingerprint density at radius 1 is 1.22 bits per heavy atom. The van der Waals surface area contributed by atoms with Gasteiger partial charge in [0, 0.05) is 11.6 Å². The number of H-pyrrole nitrogens is 1. The number of benzene rings is 2. The lowest BCUT2D eigenvalue weighted by Crippen LogP contribution is -2.27. The number of nitrogens with one attached hydrogen (secondary N) is 1. The zero-order valence-corrected chi connectivity index (χ0v) is 16.8. The lowest BCUT2D eigenvalue weighted by Gasteiger charge is -2.17. The molecule has 0 spiro atoms. The highest BCUT2D eigenvalue weighted by atomic mass is 35.5. The van der Waals surface area contributed by atoms with E-state index < -0.39 is 0 Å². The summed E-state index contributed by atoms with van der Waals surface area (Å²) < 4.78 is 13.4. The minimum atomic E-state index is 0.461. The molecule has 0 saturated heterocycles. The Bertz CT molecular complexity index is 942. The lowest BCUT2D eigenvalue weighted by atomic mass is 10.2. The molecule has 0 fully saturated rings. The van der Waals surface area contributed by atoms with Gasteiger partial charge in [-0.1, -0.05) is 29.8 Å². The molecule has 0 atom stereocenters. The molecule has 0 saturated carbocycles. The second kappa shape index (κ2) is 9.03. The van der Waals surface area contributed by atoms with Crippen LogP contribution in [0.3, 0.4) is 0 Å². The summed E-state index contributed by atoms with van der Waals surface area (Å²) in [5.74, 6) is 2.16. The number of aromatic amines is 1. The second-order valence-electron chi connectivity index (χ2n) is 6.01. The Hall–Kier alpha value is -2.35. The molecule has 2 aromatic carbocycles. The quantitative estimate of drug-likeness (QED) is 0.569. The maximum absolute atomic E-state index is 6.11. The summed E-state index contributed by atoms with van der Waals surface area (Å²) in [6.45, 7) is 1.88. The third-order valence-corrected chi connectivity index (χ3v) is 4.51. The molecule has 8 heteroatoms. The number of hydrogen-bond acceptors (Lipinski definition) is 5. The van der Waals surface area contributed by atoms with E-state index >= 15 is 0 Å². The highest BCUT2D eigenvalue weighted by Crippen LogP contribution is 2.30. The zero-order valence-electron chi connectivity index (χ0n) is 15.2. The van der Waals surface area contributed by atoms with Gasteiger partial charge >= 0.3 is 0 Å². The fraction of sp³-hybridized carbons (Fsp3) is 0.263. The van der Waals surface area contributed by atoms with Crippen LogP contribution in [0.2, 0.25) is 5.02 Å². The number of halogens is 1. The van der Waals surface area contributed by atoms with Crippen LogP contribution in [0.25, 0.3) is 11.4 Å². The molecule has 1 heterocycles. The topological polar surface area (TPSA) is 55.3 Å². The van der Waals surface area contributed by atoms with Crippen molar-refractivity contribution in [2.75, 3.05) is 27.3 Å². The predicted octanol–water partition coefficient (Wildman–Crippen LogP) is 4.24. The highest BCUT2D eigenvalue weighted by Gasteiger charge is 2.12. The molecule has 0 unspecified atom stereocenters. The highest BCUT2D eigenvalue weighted by molar-refractivity contribution is 7.71. The van der Waals surface area contributed by atoms with Gasteiger partial charge in [-0.05, 0) is 49.6 Å². The van der Waals surface area contributed by atoms with Gasteiger partial charge in [-0.3, -0.25) is 10.00 Å². The van der Waals surface area contributed by atoms with E-state index in [1.807, 2.05) is 37.4 Å². The summed E-state index contributed by atoms with van der Waals surface area (Å²) in [6.07, 6.45) is 0. The first kappa shape index (κ1) is 19.4. The Morgan fingerprint density at radius 3 is 2.74 bits per heavy atom. The van der Waals surface area contributed by atoms with Crippen LogP contribution in [0.5, 0.6) is 11.5 Å². The average molecular weight is 405 g/mol. The Morgan fingerprint density at radius 2 is 2.00 bits per heavy atom. The minimum Gasteiger partial charge on any atom is -0.496 e. The molecule has 1 N–H and O–H groups in total. The molecule has 0 amide bonds. The molecule has 6 nitrogen and oxygen atoms in total. The summed E-state index contributed by atoms with van der Waals surface area (Å²) in [7, 11) is 3.61. The number of likely N-dealkylation sites (N-methyl/N-ethyl adjacent to an activating group) is 1. The molecule has 0 radical (unpaired) electrons. The van der Waals surface area contributed by atoms with Crippen molar-refractivity contribution in [1.82, 2.24) is 19.7 Å². The van der Waals surface area contributed by atoms with Crippen LogP contribution in [-0.2, 0) is 6.67 Å². The minimum absolute atomic E-state index is 0.461. The number of para-hydroxylation sites is 1. The van der Waals surface area contributed by atoms with E-state index in [1.54, 1.807) is 30.0 Å². The van der Waals surface area contributed by atoms with Crippen molar-refractivity contribution in [1.29, 1.82) is 0 Å². The Balaban J connectivity index is 1.64. The first-order chi connectivity index (χ1) is 13.1. The normalized spacial score (nSPS) is 11.0. The third kappa shape index (κ3) is 5.09. The van der Waals surface area contributed by atoms with Gasteiger partial charge in [0.2, 0.25) is 4.77 Å². The fourth-order valence-corrected chi connectivity index (χ4v) is 2.95. The van der Waals surface area contributed by atoms with Crippen LogP contribution in [-0.4, -0.2) is 47.0 Å². The summed E-state index contributed by atoms with van der Waals surface area (Å²) in [5.41, 5.74) is 0.768. The molecule has 0 aliphatic heterocycles. The summed E-state index contributed by atoms with van der Waals surface area (Å²) >= 11 is 11.5. The predicted molar refractivity (Wildman–Crippen MR) is 109 cm³/mol. The summed E-state index contributed by atoms with van der Waals surface area (Å²) in [5, 5.41) is 3.83. The molecule has 3 aromatic rings. The van der Waals surface area contributed by atoms with Gasteiger partial charge in [0.15, 0.2) is 5.82 Å². The molecule has 3 rings (SSSR count). The van der Waals surface area contributed by atoms with Crippen molar-refractivity contribution in [2.24, 2.45) is 0 Å². The number of rotatable bonds is 8. The SMILES string of the molecule is COc1ccc(Cl)cc1-c1nc(=S)n(CN(C)CCOc2ccccc2)[nH]1. The number of aromatic nitrogens is 3. The standard InChI is InChI=1S/C19H21ClN4O2S/c1-23(10-11-26-15-6-4-3-5-7-15)13-24-19(27)21-18(22-24)16-12-14(20)8-9-17(16)25-2/h3-9,12H,10-11,13H2,1-2H3,(H,21,22,27). The number of nitrogens with zero attached hydrogens (tertiary/aromatic N) is 3. The van der Waals surface area contributed by atoms with E-state index in [0.29, 0.717) is 34.6 Å². The van der Waals surface area contributed by atoms with E-state index in [9.17, 15) is 0 Å². The van der Waals surface area contributed by atoms with E-state index in [2.05, 4.69) is 15.0 Å². The van der Waals surface area contributed by atoms with E-state index in [0.717, 1.165) is 17.9 Å². The molecule has 27 heavy (non-hydrogen) atoms. The van der Waals surface area contributed by atoms with Gasteiger partial charge in [0.25, 0.3) is 0 Å². The van der Waals surface area contributed by atoms with Gasteiger partial charge in [-0.2, -0.15) is 4.98 Å². The number of ether oxygens (including phenoxy) is 2. The van der Waals surface area contributed by atoms with Gasteiger partial charge in [-0.15, -0.1) is 0 Å². The molecule has 142 valence electrons. The Kier molecular flexibility index (Phi) is 6.49. The molecule has 0 aliphatic carbocycles. The van der Waals surface area contributed by atoms with Gasteiger partial charge in [-0.25, -0.2) is 4.68 Å². The van der Waals surface area contributed by atoms with E-state index in [-0.39, 0.29) is 0 Å². The molecule has 0 aliphatic rings. The van der Waals surface area contributed by atoms with Crippen molar-refractivity contribution >= 4 is 23.8 Å². The average Bonchev–Trinajstić information content (AvgIpc) is 3.03. The van der Waals surface area contributed by atoms with E-state index in [1.165, 1.54) is 0 Å². The number of hydrogen-bond donors (Lipinski definition) is 1.